The van der Waals surface area contributed by atoms with Crippen molar-refractivity contribution < 1.29 is 4.79 Å². The summed E-state index contributed by atoms with van der Waals surface area (Å²) >= 11 is 0. The van der Waals surface area contributed by atoms with Gasteiger partial charge in [-0.05, 0) is 25.0 Å². The van der Waals surface area contributed by atoms with E-state index in [9.17, 15) is 9.59 Å². The van der Waals surface area contributed by atoms with Crippen LogP contribution in [0.2, 0.25) is 0 Å². The van der Waals surface area contributed by atoms with Crippen LogP contribution in [-0.4, -0.2) is 38.4 Å². The minimum atomic E-state index is -0.338. The van der Waals surface area contributed by atoms with Gasteiger partial charge in [0.25, 0.3) is 5.91 Å². The molecule has 128 valence electrons. The number of amides is 1. The number of H-pyrrole nitrogens is 1. The number of piperidine rings is 1. The fourth-order valence-corrected chi connectivity index (χ4v) is 3.72. The van der Waals surface area contributed by atoms with Crippen molar-refractivity contribution in [3.8, 4) is 0 Å². The van der Waals surface area contributed by atoms with Gasteiger partial charge in [0.05, 0.1) is 5.56 Å². The van der Waals surface area contributed by atoms with E-state index in [0.717, 1.165) is 41.5 Å². The van der Waals surface area contributed by atoms with Crippen LogP contribution in [0, 0.1) is 0 Å². The summed E-state index contributed by atoms with van der Waals surface area (Å²) in [5.74, 6) is 0.196. The lowest BCUT2D eigenvalue weighted by Crippen LogP contribution is -2.39. The van der Waals surface area contributed by atoms with Crippen molar-refractivity contribution in [3.05, 3.63) is 64.5 Å². The standard InChI is InChI=1S/C19H20N4O2/c1-22-12-15(14-6-2-3-7-17(14)22)18(24)23-10-4-5-13(11-23)16-8-9-20-19(25)21-16/h2-3,6-9,12-13H,4-5,10-11H2,1H3,(H,20,21,25)/t13-/m1/s1. The summed E-state index contributed by atoms with van der Waals surface area (Å²) in [4.78, 5) is 32.9. The van der Waals surface area contributed by atoms with Gasteiger partial charge in [-0.25, -0.2) is 9.78 Å². The number of aromatic nitrogens is 3. The summed E-state index contributed by atoms with van der Waals surface area (Å²) in [6.07, 6.45) is 5.31. The van der Waals surface area contributed by atoms with E-state index in [1.807, 2.05) is 53.0 Å². The van der Waals surface area contributed by atoms with Crippen molar-refractivity contribution >= 4 is 16.8 Å². The summed E-state index contributed by atoms with van der Waals surface area (Å²) in [5.41, 5.74) is 2.31. The van der Waals surface area contributed by atoms with Crippen molar-refractivity contribution in [1.29, 1.82) is 0 Å². The van der Waals surface area contributed by atoms with Gasteiger partial charge in [-0.1, -0.05) is 18.2 Å². The third kappa shape index (κ3) is 2.84. The summed E-state index contributed by atoms with van der Waals surface area (Å²) in [7, 11) is 1.96. The Hall–Kier alpha value is -2.89. The number of aryl methyl sites for hydroxylation is 1. The second kappa shape index (κ2) is 6.20. The first-order valence-corrected chi connectivity index (χ1v) is 8.52. The number of nitrogens with zero attached hydrogens (tertiary/aromatic N) is 3. The maximum Gasteiger partial charge on any atom is 0.345 e. The fourth-order valence-electron chi connectivity index (χ4n) is 3.72. The number of hydrogen-bond acceptors (Lipinski definition) is 3. The van der Waals surface area contributed by atoms with Crippen molar-refractivity contribution in [3.63, 3.8) is 0 Å². The Morgan fingerprint density at radius 3 is 2.96 bits per heavy atom. The minimum absolute atomic E-state index is 0.0536. The molecule has 6 nitrogen and oxygen atoms in total. The maximum absolute atomic E-state index is 13.1. The maximum atomic E-state index is 13.1. The Bertz CT molecular complexity index is 988. The zero-order valence-corrected chi connectivity index (χ0v) is 14.1. The van der Waals surface area contributed by atoms with Crippen molar-refractivity contribution in [2.75, 3.05) is 13.1 Å². The number of nitrogens with one attached hydrogen (secondary N) is 1. The highest BCUT2D eigenvalue weighted by Crippen LogP contribution is 2.28. The lowest BCUT2D eigenvalue weighted by atomic mass is 9.94. The van der Waals surface area contributed by atoms with Gasteiger partial charge < -0.3 is 14.5 Å². The molecule has 1 aliphatic heterocycles. The van der Waals surface area contributed by atoms with Gasteiger partial charge >= 0.3 is 5.69 Å². The summed E-state index contributed by atoms with van der Waals surface area (Å²) in [6, 6.07) is 9.78. The molecule has 1 amide bonds. The average Bonchev–Trinajstić information content (AvgIpc) is 2.98. The molecule has 1 saturated heterocycles. The van der Waals surface area contributed by atoms with E-state index < -0.39 is 0 Å². The quantitative estimate of drug-likeness (QED) is 0.780. The fraction of sp³-hybridized carbons (Fsp3) is 0.316. The number of para-hydroxylation sites is 1. The molecule has 0 aliphatic carbocycles. The SMILES string of the molecule is Cn1cc(C(=O)N2CCC[C@@H](c3ccnc(=O)[nH]3)C2)c2ccccc21. The molecule has 3 aromatic rings. The second-order valence-corrected chi connectivity index (χ2v) is 6.59. The van der Waals surface area contributed by atoms with Gasteiger partial charge in [0.1, 0.15) is 0 Å². The molecule has 0 radical (unpaired) electrons. The van der Waals surface area contributed by atoms with Crippen LogP contribution in [0.1, 0.15) is 34.8 Å². The third-order valence-corrected chi connectivity index (χ3v) is 4.97. The van der Waals surface area contributed by atoms with Gasteiger partial charge in [-0.3, -0.25) is 4.79 Å². The van der Waals surface area contributed by atoms with E-state index in [1.165, 1.54) is 6.20 Å². The smallest absolute Gasteiger partial charge is 0.345 e. The van der Waals surface area contributed by atoms with Crippen LogP contribution in [0.25, 0.3) is 10.9 Å². The first-order chi connectivity index (χ1) is 12.1. The molecule has 4 rings (SSSR count). The van der Waals surface area contributed by atoms with Crippen LogP contribution >= 0.6 is 0 Å². The van der Waals surface area contributed by atoms with Gasteiger partial charge in [0, 0.05) is 55.0 Å². The Kier molecular flexibility index (Phi) is 3.87. The summed E-state index contributed by atoms with van der Waals surface area (Å²) < 4.78 is 1.99. The highest BCUT2D eigenvalue weighted by molar-refractivity contribution is 6.07. The molecule has 25 heavy (non-hydrogen) atoms. The molecule has 0 spiro atoms. The Labute approximate surface area is 145 Å². The van der Waals surface area contributed by atoms with E-state index in [-0.39, 0.29) is 17.5 Å². The molecule has 0 bridgehead atoms. The lowest BCUT2D eigenvalue weighted by molar-refractivity contribution is 0.0707. The highest BCUT2D eigenvalue weighted by atomic mass is 16.2. The van der Waals surface area contributed by atoms with Crippen LogP contribution in [-0.2, 0) is 7.05 Å². The van der Waals surface area contributed by atoms with Crippen LogP contribution in [0.15, 0.2) is 47.5 Å². The predicted octanol–water partition coefficient (Wildman–Crippen LogP) is 2.28. The molecule has 1 fully saturated rings. The lowest BCUT2D eigenvalue weighted by Gasteiger charge is -2.32. The number of likely N-dealkylation sites (tertiary alicyclic amines) is 1. The highest BCUT2D eigenvalue weighted by Gasteiger charge is 2.27. The topological polar surface area (TPSA) is 71.0 Å². The van der Waals surface area contributed by atoms with Crippen molar-refractivity contribution in [2.45, 2.75) is 18.8 Å². The van der Waals surface area contributed by atoms with Crippen LogP contribution in [0.5, 0.6) is 0 Å². The normalized spacial score (nSPS) is 17.8. The number of hydrogen-bond donors (Lipinski definition) is 1. The van der Waals surface area contributed by atoms with E-state index in [1.54, 1.807) is 0 Å². The molecule has 1 aliphatic rings. The Morgan fingerprint density at radius 1 is 1.28 bits per heavy atom. The van der Waals surface area contributed by atoms with Gasteiger partial charge in [0.2, 0.25) is 0 Å². The first-order valence-electron chi connectivity index (χ1n) is 8.52. The number of benzene rings is 1. The summed E-state index contributed by atoms with van der Waals surface area (Å²) in [6.45, 7) is 1.36. The molecule has 6 heteroatoms. The molecular formula is C19H20N4O2. The van der Waals surface area contributed by atoms with E-state index >= 15 is 0 Å². The van der Waals surface area contributed by atoms with Gasteiger partial charge in [-0.15, -0.1) is 0 Å². The molecule has 3 heterocycles. The number of carbonyl (C=O) groups is 1. The molecular weight excluding hydrogens is 316 g/mol. The van der Waals surface area contributed by atoms with E-state index in [4.69, 9.17) is 0 Å². The third-order valence-electron chi connectivity index (χ3n) is 4.97. The van der Waals surface area contributed by atoms with Gasteiger partial charge in [-0.2, -0.15) is 0 Å². The Morgan fingerprint density at radius 2 is 2.12 bits per heavy atom. The monoisotopic (exact) mass is 336 g/mol. The van der Waals surface area contributed by atoms with Crippen LogP contribution in [0.3, 0.4) is 0 Å². The van der Waals surface area contributed by atoms with Gasteiger partial charge in [0.15, 0.2) is 0 Å². The molecule has 2 aromatic heterocycles. The van der Waals surface area contributed by atoms with Crippen LogP contribution in [0.4, 0.5) is 0 Å². The largest absolute Gasteiger partial charge is 0.350 e. The first kappa shape index (κ1) is 15.6. The molecule has 1 aromatic carbocycles. The molecule has 1 N–H and O–H groups in total. The number of fused-ring (bicyclic) bond motifs is 1. The van der Waals surface area contributed by atoms with E-state index in [0.29, 0.717) is 6.54 Å². The molecule has 1 atom stereocenters. The van der Waals surface area contributed by atoms with E-state index in [2.05, 4.69) is 9.97 Å². The molecule has 0 unspecified atom stereocenters. The van der Waals surface area contributed by atoms with Crippen molar-refractivity contribution in [1.82, 2.24) is 19.4 Å². The number of rotatable bonds is 2. The Balaban J connectivity index is 1.62. The zero-order valence-electron chi connectivity index (χ0n) is 14.1. The minimum Gasteiger partial charge on any atom is -0.350 e. The number of carbonyl (C=O) groups excluding carboxylic acids is 1. The van der Waals surface area contributed by atoms with Crippen molar-refractivity contribution in [2.24, 2.45) is 7.05 Å². The van der Waals surface area contributed by atoms with Crippen LogP contribution < -0.4 is 5.69 Å². The summed E-state index contributed by atoms with van der Waals surface area (Å²) in [5, 5.41) is 0.981. The predicted molar refractivity (Wildman–Crippen MR) is 95.7 cm³/mol. The molecule has 0 saturated carbocycles. The second-order valence-electron chi connectivity index (χ2n) is 6.59. The number of aromatic amines is 1. The average molecular weight is 336 g/mol. The zero-order chi connectivity index (χ0) is 17.4.